The first kappa shape index (κ1) is 35.2. The standard InChI is InChI=1S/C29H23P2.C13H10.C5H5.Fe/c1-5-14-24(15-6-1)30(25-16-7-2-8-17-25)28-22-13-23-29(28)31(26-18-9-3-10-19-26)27-20-11-4-12-21-27;1-3-7-12-10(5-1)9-11-6-2-4-8-13(11)12;1-2-4-5-3-1;/h1-23H;1-8H,9H2;1-5H;/q-1;;-1;+2. The van der Waals surface area contributed by atoms with Crippen molar-refractivity contribution in [2.24, 2.45) is 0 Å². The minimum absolute atomic E-state index is 0. The maximum absolute atomic E-state index is 2.35. The Hall–Kier alpha value is -4.60. The molecule has 8 aromatic carbocycles. The fraction of sp³-hybridized carbons (Fsp3) is 0.0213. The molecule has 3 heteroatoms. The molecule has 0 spiro atoms. The Morgan fingerprint density at radius 1 is 0.400 bits per heavy atom. The maximum Gasteiger partial charge on any atom is 2.00 e. The molecule has 0 N–H and O–H groups in total. The van der Waals surface area contributed by atoms with Gasteiger partial charge in [0.05, 0.1) is 0 Å². The molecule has 244 valence electrons. The molecule has 0 saturated heterocycles. The van der Waals surface area contributed by atoms with Crippen LogP contribution in [-0.2, 0) is 23.5 Å². The Morgan fingerprint density at radius 2 is 0.800 bits per heavy atom. The van der Waals surface area contributed by atoms with Crippen molar-refractivity contribution in [2.45, 2.75) is 6.42 Å². The molecule has 0 atom stereocenters. The molecule has 0 nitrogen and oxygen atoms in total. The van der Waals surface area contributed by atoms with Gasteiger partial charge in [0.1, 0.15) is 0 Å². The van der Waals surface area contributed by atoms with Crippen LogP contribution in [0.25, 0.3) is 11.1 Å². The molecule has 0 aliphatic heterocycles. The van der Waals surface area contributed by atoms with Crippen molar-refractivity contribution in [1.29, 1.82) is 0 Å². The average molecular weight is 721 g/mol. The van der Waals surface area contributed by atoms with Gasteiger partial charge in [-0.25, -0.2) is 24.3 Å². The number of fused-ring (bicyclic) bond motifs is 3. The minimum Gasteiger partial charge on any atom is -0.214 e. The second-order valence-electron chi connectivity index (χ2n) is 11.8. The van der Waals surface area contributed by atoms with Crippen molar-refractivity contribution >= 4 is 47.7 Å². The largest absolute Gasteiger partial charge is 2.00 e. The fourth-order valence-corrected chi connectivity index (χ4v) is 11.6. The summed E-state index contributed by atoms with van der Waals surface area (Å²) in [5.74, 6) is 0. The Labute approximate surface area is 310 Å². The average Bonchev–Trinajstić information content (AvgIpc) is 3.98. The quantitative estimate of drug-likeness (QED) is 0.0913. The molecule has 8 aromatic rings. The molecule has 0 heterocycles. The zero-order valence-corrected chi connectivity index (χ0v) is 30.6. The van der Waals surface area contributed by atoms with E-state index in [1.165, 1.54) is 54.1 Å². The van der Waals surface area contributed by atoms with Crippen LogP contribution in [0.1, 0.15) is 11.1 Å². The van der Waals surface area contributed by atoms with Crippen LogP contribution in [0.5, 0.6) is 0 Å². The van der Waals surface area contributed by atoms with Crippen LogP contribution in [0.4, 0.5) is 0 Å². The molecule has 0 aromatic heterocycles. The summed E-state index contributed by atoms with van der Waals surface area (Å²) in [7, 11) is -1.25. The van der Waals surface area contributed by atoms with Crippen molar-refractivity contribution < 1.29 is 17.1 Å². The second kappa shape index (κ2) is 17.9. The molecule has 0 unspecified atom stereocenters. The van der Waals surface area contributed by atoms with Gasteiger partial charge in [0.15, 0.2) is 0 Å². The van der Waals surface area contributed by atoms with Gasteiger partial charge in [0.25, 0.3) is 0 Å². The van der Waals surface area contributed by atoms with E-state index < -0.39 is 15.8 Å². The number of hydrogen-bond donors (Lipinski definition) is 0. The zero-order valence-electron chi connectivity index (χ0n) is 27.7. The van der Waals surface area contributed by atoms with Crippen LogP contribution in [-0.4, -0.2) is 0 Å². The van der Waals surface area contributed by atoms with Crippen LogP contribution in [0.2, 0.25) is 0 Å². The van der Waals surface area contributed by atoms with E-state index in [4.69, 9.17) is 0 Å². The number of rotatable bonds is 6. The van der Waals surface area contributed by atoms with Crippen molar-refractivity contribution in [2.75, 3.05) is 0 Å². The van der Waals surface area contributed by atoms with Crippen molar-refractivity contribution in [1.82, 2.24) is 0 Å². The zero-order chi connectivity index (χ0) is 33.1. The molecule has 1 aliphatic carbocycles. The Kier molecular flexibility index (Phi) is 12.6. The summed E-state index contributed by atoms with van der Waals surface area (Å²) in [6.07, 6.45) is 1.10. The molecule has 50 heavy (non-hydrogen) atoms. The maximum atomic E-state index is 2.35. The number of hydrogen-bond acceptors (Lipinski definition) is 0. The molecule has 9 rings (SSSR count). The monoisotopic (exact) mass is 720 g/mol. The molecule has 0 saturated carbocycles. The summed E-state index contributed by atoms with van der Waals surface area (Å²) in [4.78, 5) is 0. The summed E-state index contributed by atoms with van der Waals surface area (Å²) in [5, 5.41) is 8.51. The summed E-state index contributed by atoms with van der Waals surface area (Å²) < 4.78 is 0. The third-order valence-electron chi connectivity index (χ3n) is 8.57. The van der Waals surface area contributed by atoms with E-state index in [1.54, 1.807) is 0 Å². The topological polar surface area (TPSA) is 0 Å². The van der Waals surface area contributed by atoms with E-state index in [2.05, 4.69) is 188 Å². The normalized spacial score (nSPS) is 10.9. The van der Waals surface area contributed by atoms with Crippen molar-refractivity contribution in [3.8, 4) is 11.1 Å². The molecule has 0 fully saturated rings. The Morgan fingerprint density at radius 3 is 1.22 bits per heavy atom. The van der Waals surface area contributed by atoms with Gasteiger partial charge in [-0.1, -0.05) is 178 Å². The second-order valence-corrected chi connectivity index (χ2v) is 16.1. The van der Waals surface area contributed by atoms with Gasteiger partial charge >= 0.3 is 17.1 Å². The summed E-state index contributed by atoms with van der Waals surface area (Å²) >= 11 is 0. The van der Waals surface area contributed by atoms with Crippen molar-refractivity contribution in [3.05, 3.63) is 230 Å². The van der Waals surface area contributed by atoms with Gasteiger partial charge in [-0.15, -0.1) is 10.6 Å². The number of benzene rings is 6. The van der Waals surface area contributed by atoms with Crippen LogP contribution < -0.4 is 31.8 Å². The van der Waals surface area contributed by atoms with Gasteiger partial charge in [-0.05, 0) is 57.8 Å². The minimum atomic E-state index is -0.627. The molecule has 0 bridgehead atoms. The Bertz CT molecular complexity index is 1900. The SMILES string of the molecule is [Fe+2].c1cc[cH-]c1.c1ccc(P(c2ccccc2)c2ccc[c-]2P(c2ccccc2)c2ccccc2)cc1.c1ccc2c(c1)Cc1ccccc1-2. The van der Waals surface area contributed by atoms with Gasteiger partial charge in [-0.2, -0.15) is 24.3 Å². The Balaban J connectivity index is 0.000000185. The van der Waals surface area contributed by atoms with Crippen molar-refractivity contribution in [3.63, 3.8) is 0 Å². The molecular weight excluding hydrogens is 682 g/mol. The third kappa shape index (κ3) is 8.40. The van der Waals surface area contributed by atoms with Gasteiger partial charge in [0.2, 0.25) is 0 Å². The van der Waals surface area contributed by atoms with Gasteiger partial charge in [-0.3, -0.25) is 0 Å². The van der Waals surface area contributed by atoms with E-state index in [0.717, 1.165) is 6.42 Å². The van der Waals surface area contributed by atoms with E-state index in [9.17, 15) is 0 Å². The molecular formula is C47H38FeP2. The predicted molar refractivity (Wildman–Crippen MR) is 216 cm³/mol. The van der Waals surface area contributed by atoms with E-state index >= 15 is 0 Å². The summed E-state index contributed by atoms with van der Waals surface area (Å²) in [5.41, 5.74) is 5.75. The first-order valence-corrected chi connectivity index (χ1v) is 19.4. The van der Waals surface area contributed by atoms with Gasteiger partial charge < -0.3 is 0 Å². The predicted octanol–water partition coefficient (Wildman–Crippen LogP) is 9.58. The van der Waals surface area contributed by atoms with Crippen LogP contribution in [0.15, 0.2) is 218 Å². The first-order chi connectivity index (χ1) is 24.4. The molecule has 1 aliphatic rings. The summed E-state index contributed by atoms with van der Waals surface area (Å²) in [6.45, 7) is 0. The molecule has 0 amide bonds. The molecule has 0 radical (unpaired) electrons. The smallest absolute Gasteiger partial charge is 0.214 e. The van der Waals surface area contributed by atoms with Gasteiger partial charge in [0, 0.05) is 0 Å². The third-order valence-corrected chi connectivity index (χ3v) is 13.7. The van der Waals surface area contributed by atoms with Crippen LogP contribution in [0, 0.1) is 0 Å². The summed E-state index contributed by atoms with van der Waals surface area (Å²) in [6, 6.07) is 78.2. The van der Waals surface area contributed by atoms with Crippen LogP contribution >= 0.6 is 15.8 Å². The fourth-order valence-electron chi connectivity index (χ4n) is 6.34. The van der Waals surface area contributed by atoms with Crippen LogP contribution in [0.3, 0.4) is 0 Å². The van der Waals surface area contributed by atoms with E-state index in [0.29, 0.717) is 0 Å². The van der Waals surface area contributed by atoms with E-state index in [1.807, 2.05) is 30.3 Å². The van der Waals surface area contributed by atoms with E-state index in [-0.39, 0.29) is 17.1 Å². The first-order valence-electron chi connectivity index (χ1n) is 16.8.